The molecule has 1 aliphatic heterocycles. The van der Waals surface area contributed by atoms with E-state index in [-0.39, 0.29) is 29.3 Å². The van der Waals surface area contributed by atoms with Crippen molar-refractivity contribution < 1.29 is 24.0 Å². The number of para-hydroxylation sites is 2. The van der Waals surface area contributed by atoms with Crippen molar-refractivity contribution in [1.29, 1.82) is 0 Å². The highest BCUT2D eigenvalue weighted by atomic mass is 35.5. The number of carbonyl (C=O) groups is 3. The van der Waals surface area contributed by atoms with E-state index in [4.69, 9.17) is 16.3 Å². The van der Waals surface area contributed by atoms with Gasteiger partial charge in [0.2, 0.25) is 0 Å². The van der Waals surface area contributed by atoms with E-state index in [1.54, 1.807) is 54.6 Å². The van der Waals surface area contributed by atoms with Crippen LogP contribution in [-0.4, -0.2) is 33.5 Å². The van der Waals surface area contributed by atoms with Gasteiger partial charge in [-0.25, -0.2) is 0 Å². The molecule has 1 heterocycles. The minimum Gasteiger partial charge on any atom is -0.484 e. The molecule has 182 valence electrons. The molecule has 0 bridgehead atoms. The number of imide groups is 1. The van der Waals surface area contributed by atoms with E-state index in [0.717, 1.165) is 16.7 Å². The van der Waals surface area contributed by atoms with Crippen molar-refractivity contribution in [3.05, 3.63) is 104 Å². The molecule has 0 aliphatic carbocycles. The van der Waals surface area contributed by atoms with E-state index in [2.05, 4.69) is 5.32 Å². The summed E-state index contributed by atoms with van der Waals surface area (Å²) in [5.74, 6) is -0.560. The number of amides is 3. The first-order chi connectivity index (χ1) is 17.3. The summed E-state index contributed by atoms with van der Waals surface area (Å²) in [5.41, 5.74) is 1.15. The average Bonchev–Trinajstić information content (AvgIpc) is 3.12. The van der Waals surface area contributed by atoms with Gasteiger partial charge in [-0.3, -0.25) is 29.4 Å². The van der Waals surface area contributed by atoms with E-state index in [0.29, 0.717) is 22.0 Å². The van der Waals surface area contributed by atoms with Crippen molar-refractivity contribution in [3.63, 3.8) is 0 Å². The summed E-state index contributed by atoms with van der Waals surface area (Å²) in [4.78, 5) is 49.4. The number of hydrogen-bond donors (Lipinski definition) is 1. The van der Waals surface area contributed by atoms with Crippen LogP contribution < -0.4 is 10.1 Å². The van der Waals surface area contributed by atoms with Crippen molar-refractivity contribution in [3.8, 4) is 5.75 Å². The third-order valence-corrected chi connectivity index (χ3v) is 6.30. The number of ether oxygens (including phenoxy) is 1. The van der Waals surface area contributed by atoms with Crippen molar-refractivity contribution in [2.45, 2.75) is 6.54 Å². The first-order valence-corrected chi connectivity index (χ1v) is 11.8. The van der Waals surface area contributed by atoms with E-state index in [1.165, 1.54) is 24.3 Å². The Labute approximate surface area is 214 Å². The van der Waals surface area contributed by atoms with Gasteiger partial charge in [0.1, 0.15) is 5.75 Å². The number of hydrogen-bond acceptors (Lipinski definition) is 7. The van der Waals surface area contributed by atoms with Gasteiger partial charge in [-0.2, -0.15) is 0 Å². The van der Waals surface area contributed by atoms with Gasteiger partial charge in [-0.15, -0.1) is 0 Å². The Bertz CT molecular complexity index is 1390. The predicted octanol–water partition coefficient (Wildman–Crippen LogP) is 5.50. The van der Waals surface area contributed by atoms with Crippen molar-refractivity contribution >= 4 is 57.9 Å². The maximum atomic E-state index is 12.9. The maximum Gasteiger partial charge on any atom is 0.293 e. The molecule has 3 aromatic rings. The number of nitro groups is 1. The van der Waals surface area contributed by atoms with Crippen molar-refractivity contribution in [2.24, 2.45) is 0 Å². The van der Waals surface area contributed by atoms with Crippen LogP contribution in [0.4, 0.5) is 16.2 Å². The van der Waals surface area contributed by atoms with Gasteiger partial charge in [0.25, 0.3) is 22.7 Å². The molecule has 0 atom stereocenters. The SMILES string of the molecule is O=C(COc1cccc(/C=C2\SC(=O)N(Cc3ccccc3[N+](=O)[O-])C2=O)c1)Nc1ccccc1Cl. The van der Waals surface area contributed by atoms with E-state index in [9.17, 15) is 24.5 Å². The normalized spacial score (nSPS) is 14.2. The Morgan fingerprint density at radius 3 is 2.61 bits per heavy atom. The molecule has 11 heteroatoms. The molecule has 9 nitrogen and oxygen atoms in total. The van der Waals surface area contributed by atoms with Gasteiger partial charge in [0.05, 0.1) is 27.1 Å². The van der Waals surface area contributed by atoms with Crippen LogP contribution in [0.3, 0.4) is 0 Å². The van der Waals surface area contributed by atoms with Crippen LogP contribution in [0, 0.1) is 10.1 Å². The van der Waals surface area contributed by atoms with Crippen LogP contribution in [-0.2, 0) is 16.1 Å². The molecule has 1 fully saturated rings. The van der Waals surface area contributed by atoms with Gasteiger partial charge in [0, 0.05) is 11.6 Å². The Morgan fingerprint density at radius 1 is 1.08 bits per heavy atom. The smallest absolute Gasteiger partial charge is 0.293 e. The molecular weight excluding hydrogens is 506 g/mol. The molecule has 1 N–H and O–H groups in total. The van der Waals surface area contributed by atoms with Gasteiger partial charge < -0.3 is 10.1 Å². The highest BCUT2D eigenvalue weighted by molar-refractivity contribution is 8.18. The Balaban J connectivity index is 1.42. The zero-order chi connectivity index (χ0) is 25.7. The molecule has 3 amide bonds. The monoisotopic (exact) mass is 523 g/mol. The summed E-state index contributed by atoms with van der Waals surface area (Å²) in [5, 5.41) is 13.8. The van der Waals surface area contributed by atoms with E-state index >= 15 is 0 Å². The largest absolute Gasteiger partial charge is 0.484 e. The van der Waals surface area contributed by atoms with Crippen LogP contribution in [0.1, 0.15) is 11.1 Å². The molecule has 36 heavy (non-hydrogen) atoms. The molecule has 4 rings (SSSR count). The standard InChI is InChI=1S/C25H18ClN3O6S/c26-19-9-2-3-10-20(19)27-23(30)15-35-18-8-5-6-16(12-18)13-22-24(31)28(25(32)36-22)14-17-7-1-4-11-21(17)29(33)34/h1-13H,14-15H2,(H,27,30)/b22-13-. The highest BCUT2D eigenvalue weighted by Crippen LogP contribution is 2.34. The second kappa shape index (κ2) is 11.1. The molecular formula is C25H18ClN3O6S. The summed E-state index contributed by atoms with van der Waals surface area (Å²) >= 11 is 6.79. The Hall–Kier alpha value is -4.15. The molecule has 1 aliphatic rings. The van der Waals surface area contributed by atoms with Crippen LogP contribution in [0.25, 0.3) is 6.08 Å². The zero-order valence-corrected chi connectivity index (χ0v) is 20.1. The lowest BCUT2D eigenvalue weighted by Crippen LogP contribution is -2.27. The molecule has 3 aromatic carbocycles. The first kappa shape index (κ1) is 25.0. The average molecular weight is 524 g/mol. The molecule has 0 spiro atoms. The number of carbonyl (C=O) groups excluding carboxylic acids is 3. The molecule has 0 unspecified atom stereocenters. The fourth-order valence-corrected chi connectivity index (χ4v) is 4.39. The van der Waals surface area contributed by atoms with Crippen LogP contribution >= 0.6 is 23.4 Å². The van der Waals surface area contributed by atoms with Crippen LogP contribution in [0.15, 0.2) is 77.7 Å². The zero-order valence-electron chi connectivity index (χ0n) is 18.5. The number of nitro benzene ring substituents is 1. The summed E-state index contributed by atoms with van der Waals surface area (Å²) in [7, 11) is 0. The lowest BCUT2D eigenvalue weighted by atomic mass is 10.1. The number of nitrogens with zero attached hydrogens (tertiary/aromatic N) is 2. The van der Waals surface area contributed by atoms with Crippen molar-refractivity contribution in [2.75, 3.05) is 11.9 Å². The topological polar surface area (TPSA) is 119 Å². The lowest BCUT2D eigenvalue weighted by molar-refractivity contribution is -0.385. The Morgan fingerprint density at radius 2 is 1.83 bits per heavy atom. The number of halogens is 1. The van der Waals surface area contributed by atoms with E-state index in [1.807, 2.05) is 0 Å². The minimum absolute atomic E-state index is 0.163. The number of benzene rings is 3. The third kappa shape index (κ3) is 5.91. The fraction of sp³-hybridized carbons (Fsp3) is 0.0800. The van der Waals surface area contributed by atoms with Gasteiger partial charge in [-0.05, 0) is 47.7 Å². The molecule has 0 aromatic heterocycles. The Kier molecular flexibility index (Phi) is 7.67. The minimum atomic E-state index is -0.551. The summed E-state index contributed by atoms with van der Waals surface area (Å²) in [6, 6.07) is 19.5. The lowest BCUT2D eigenvalue weighted by Gasteiger charge is -2.12. The van der Waals surface area contributed by atoms with Crippen LogP contribution in [0.2, 0.25) is 5.02 Å². The summed E-state index contributed by atoms with van der Waals surface area (Å²) < 4.78 is 5.55. The maximum absolute atomic E-state index is 12.9. The number of rotatable bonds is 8. The first-order valence-electron chi connectivity index (χ1n) is 10.6. The number of anilines is 1. The van der Waals surface area contributed by atoms with Crippen molar-refractivity contribution in [1.82, 2.24) is 4.90 Å². The quantitative estimate of drug-likeness (QED) is 0.235. The molecule has 0 saturated carbocycles. The van der Waals surface area contributed by atoms with Gasteiger partial charge >= 0.3 is 0 Å². The number of nitrogens with one attached hydrogen (secondary N) is 1. The van der Waals surface area contributed by atoms with Crippen LogP contribution in [0.5, 0.6) is 5.75 Å². The second-order valence-electron chi connectivity index (χ2n) is 7.54. The third-order valence-electron chi connectivity index (χ3n) is 5.06. The molecule has 0 radical (unpaired) electrons. The highest BCUT2D eigenvalue weighted by Gasteiger charge is 2.36. The molecule has 1 saturated heterocycles. The summed E-state index contributed by atoms with van der Waals surface area (Å²) in [6.07, 6.45) is 1.53. The van der Waals surface area contributed by atoms with E-state index < -0.39 is 22.0 Å². The van der Waals surface area contributed by atoms with Gasteiger partial charge in [-0.1, -0.05) is 54.1 Å². The second-order valence-corrected chi connectivity index (χ2v) is 8.94. The van der Waals surface area contributed by atoms with Gasteiger partial charge in [0.15, 0.2) is 6.61 Å². The fourth-order valence-electron chi connectivity index (χ4n) is 3.37. The predicted molar refractivity (Wildman–Crippen MR) is 137 cm³/mol. The number of thioether (sulfide) groups is 1. The summed E-state index contributed by atoms with van der Waals surface area (Å²) in [6.45, 7) is -0.468.